The van der Waals surface area contributed by atoms with Crippen LogP contribution in [0.25, 0.3) is 0 Å². The number of unbranched alkanes of at least 4 members (excludes halogenated alkanes) is 9. The van der Waals surface area contributed by atoms with Crippen LogP contribution in [0.5, 0.6) is 0 Å². The van der Waals surface area contributed by atoms with Crippen molar-refractivity contribution in [3.05, 3.63) is 85.1 Å². The van der Waals surface area contributed by atoms with Crippen LogP contribution in [0.15, 0.2) is 85.1 Å². The average molecular weight is 735 g/mol. The van der Waals surface area contributed by atoms with Gasteiger partial charge in [0, 0.05) is 12.8 Å². The normalized spacial score (nSPS) is 14.1. The largest absolute Gasteiger partial charge is 0.469 e. The quantitative estimate of drug-likeness (QED) is 0.0198. The summed E-state index contributed by atoms with van der Waals surface area (Å²) in [4.78, 5) is 42.7. The van der Waals surface area contributed by atoms with Gasteiger partial charge in [0.05, 0.1) is 12.7 Å². The molecule has 2 atom stereocenters. The van der Waals surface area contributed by atoms with E-state index in [9.17, 15) is 19.3 Å². The summed E-state index contributed by atoms with van der Waals surface area (Å²) in [5, 5.41) is 9.83. The van der Waals surface area contributed by atoms with Gasteiger partial charge in [-0.2, -0.15) is 0 Å². The molecule has 0 fully saturated rings. The first-order chi connectivity index (χ1) is 24.7. The smallest absolute Gasteiger partial charge is 0.462 e. The van der Waals surface area contributed by atoms with Crippen molar-refractivity contribution in [3.8, 4) is 0 Å². The Labute approximate surface area is 308 Å². The van der Waals surface area contributed by atoms with E-state index in [1.807, 2.05) is 36.5 Å². The van der Waals surface area contributed by atoms with Gasteiger partial charge in [-0.25, -0.2) is 4.57 Å². The Bertz CT molecular complexity index is 1110. The maximum absolute atomic E-state index is 12.3. The molecule has 9 nitrogen and oxygen atoms in total. The number of aliphatic hydroxyl groups is 1. The maximum Gasteiger partial charge on any atom is 0.469 e. The topological polar surface area (TPSA) is 140 Å². The molecule has 0 bridgehead atoms. The zero-order chi connectivity index (χ0) is 37.7. The first kappa shape index (κ1) is 48.2. The highest BCUT2D eigenvalue weighted by atomic mass is 31.2. The molecule has 1 unspecified atom stereocenters. The van der Waals surface area contributed by atoms with Gasteiger partial charge in [-0.05, 0) is 77.0 Å². The Hall–Kier alpha value is -2.81. The SMILES string of the molecule is CC/C=C/CC(O)/C=C/C=C/CCCCCCCC(=O)OC[C@H](COP(=O)(O)O)OC(=O)CCC/C=C\C/C=C\C/C=C\C/C=C\CCCCC. The summed E-state index contributed by atoms with van der Waals surface area (Å²) in [5.74, 6) is -1.01. The molecular formula is C41H67O9P. The number of carbonyl (C=O) groups excluding carboxylic acids is 2. The molecule has 0 aliphatic heterocycles. The summed E-state index contributed by atoms with van der Waals surface area (Å²) in [6, 6.07) is 0. The number of hydrogen-bond acceptors (Lipinski definition) is 7. The van der Waals surface area contributed by atoms with Gasteiger partial charge in [0.25, 0.3) is 0 Å². The fourth-order valence-electron chi connectivity index (χ4n) is 4.63. The number of carbonyl (C=O) groups is 2. The van der Waals surface area contributed by atoms with E-state index in [0.717, 1.165) is 64.2 Å². The molecule has 0 aromatic rings. The van der Waals surface area contributed by atoms with Crippen LogP contribution in [0.2, 0.25) is 0 Å². The van der Waals surface area contributed by atoms with E-state index >= 15 is 0 Å². The maximum atomic E-state index is 12.3. The minimum atomic E-state index is -4.79. The van der Waals surface area contributed by atoms with E-state index in [4.69, 9.17) is 19.3 Å². The minimum absolute atomic E-state index is 0.116. The lowest BCUT2D eigenvalue weighted by Crippen LogP contribution is -2.29. The third-order valence-corrected chi connectivity index (χ3v) is 7.96. The molecule has 0 amide bonds. The Balaban J connectivity index is 4.16. The van der Waals surface area contributed by atoms with Crippen LogP contribution in [-0.2, 0) is 28.2 Å². The van der Waals surface area contributed by atoms with Crippen molar-refractivity contribution in [1.29, 1.82) is 0 Å². The summed E-state index contributed by atoms with van der Waals surface area (Å²) in [6.45, 7) is 3.35. The monoisotopic (exact) mass is 734 g/mol. The van der Waals surface area contributed by atoms with Crippen LogP contribution in [0.3, 0.4) is 0 Å². The highest BCUT2D eigenvalue weighted by Crippen LogP contribution is 2.35. The van der Waals surface area contributed by atoms with Crippen molar-refractivity contribution in [2.24, 2.45) is 0 Å². The second kappa shape index (κ2) is 35.6. The summed E-state index contributed by atoms with van der Waals surface area (Å²) in [5.41, 5.74) is 0. The minimum Gasteiger partial charge on any atom is -0.462 e. The highest BCUT2D eigenvalue weighted by molar-refractivity contribution is 7.46. The lowest BCUT2D eigenvalue weighted by molar-refractivity contribution is -0.161. The highest BCUT2D eigenvalue weighted by Gasteiger charge is 2.22. The number of phosphoric ester groups is 1. The number of ether oxygens (including phenoxy) is 2. The van der Waals surface area contributed by atoms with Gasteiger partial charge in [-0.15, -0.1) is 0 Å². The van der Waals surface area contributed by atoms with E-state index in [1.54, 1.807) is 6.08 Å². The molecule has 3 N–H and O–H groups in total. The van der Waals surface area contributed by atoms with E-state index < -0.39 is 38.6 Å². The van der Waals surface area contributed by atoms with Crippen molar-refractivity contribution in [2.45, 2.75) is 148 Å². The summed E-state index contributed by atoms with van der Waals surface area (Å²) in [7, 11) is -4.79. The van der Waals surface area contributed by atoms with Gasteiger partial charge in [-0.3, -0.25) is 14.1 Å². The third-order valence-electron chi connectivity index (χ3n) is 7.48. The van der Waals surface area contributed by atoms with Gasteiger partial charge >= 0.3 is 19.8 Å². The van der Waals surface area contributed by atoms with Crippen LogP contribution < -0.4 is 0 Å². The van der Waals surface area contributed by atoms with Gasteiger partial charge in [0.1, 0.15) is 6.61 Å². The van der Waals surface area contributed by atoms with E-state index in [-0.39, 0.29) is 19.4 Å². The number of allylic oxidation sites excluding steroid dienone is 12. The molecule has 0 aliphatic carbocycles. The molecule has 0 saturated heterocycles. The lowest BCUT2D eigenvalue weighted by atomic mass is 10.1. The fourth-order valence-corrected chi connectivity index (χ4v) is 4.99. The third kappa shape index (κ3) is 38.3. The van der Waals surface area contributed by atoms with Gasteiger partial charge < -0.3 is 24.4 Å². The van der Waals surface area contributed by atoms with Crippen molar-refractivity contribution in [2.75, 3.05) is 13.2 Å². The van der Waals surface area contributed by atoms with E-state index in [1.165, 1.54) is 19.3 Å². The van der Waals surface area contributed by atoms with Gasteiger partial charge in [0.15, 0.2) is 6.10 Å². The summed E-state index contributed by atoms with van der Waals surface area (Å²) in [6.07, 6.45) is 43.5. The van der Waals surface area contributed by atoms with E-state index in [0.29, 0.717) is 25.7 Å². The van der Waals surface area contributed by atoms with Crippen molar-refractivity contribution in [3.63, 3.8) is 0 Å². The molecule has 0 aromatic heterocycles. The summed E-state index contributed by atoms with van der Waals surface area (Å²) >= 11 is 0. The molecule has 51 heavy (non-hydrogen) atoms. The second-order valence-electron chi connectivity index (χ2n) is 12.4. The first-order valence-electron chi connectivity index (χ1n) is 19.0. The average Bonchev–Trinajstić information content (AvgIpc) is 3.09. The second-order valence-corrected chi connectivity index (χ2v) is 13.6. The van der Waals surface area contributed by atoms with E-state index in [2.05, 4.69) is 60.9 Å². The molecule has 10 heteroatoms. The van der Waals surface area contributed by atoms with Crippen molar-refractivity contribution < 1.29 is 43.0 Å². The zero-order valence-corrected chi connectivity index (χ0v) is 32.2. The first-order valence-corrected chi connectivity index (χ1v) is 20.5. The van der Waals surface area contributed by atoms with Crippen molar-refractivity contribution in [1.82, 2.24) is 0 Å². The fraction of sp³-hybridized carbons (Fsp3) is 0.610. The molecule has 0 aromatic carbocycles. The Kier molecular flexibility index (Phi) is 33.6. The van der Waals surface area contributed by atoms with Crippen LogP contribution in [0, 0.1) is 0 Å². The Morgan fingerprint density at radius 3 is 1.84 bits per heavy atom. The lowest BCUT2D eigenvalue weighted by Gasteiger charge is -2.18. The predicted molar refractivity (Wildman–Crippen MR) is 208 cm³/mol. The molecule has 0 radical (unpaired) electrons. The zero-order valence-electron chi connectivity index (χ0n) is 31.3. The standard InChI is InChI=1S/C41H67O9P/c1-3-5-7-8-9-10-11-12-13-14-15-16-17-20-24-27-31-35-41(44)50-39(37-49-51(45,46)47)36-48-40(43)34-30-26-23-21-18-19-22-25-29-33-38(42)32-28-6-4-2/h6,9-10,12-13,15-16,20,22,24-25,28-29,33,38-39,42H,3-5,7-8,11,14,17-19,21,23,26-27,30-32,34-37H2,1-2H3,(H2,45,46,47)/b10-9-,13-12-,16-15-,24-20-,25-22+,28-6+,33-29+/t38?,39-/m1/s1. The molecule has 0 heterocycles. The van der Waals surface area contributed by atoms with Gasteiger partial charge in [0.2, 0.25) is 0 Å². The van der Waals surface area contributed by atoms with Crippen LogP contribution >= 0.6 is 7.82 Å². The Morgan fingerprint density at radius 1 is 0.627 bits per heavy atom. The molecular weight excluding hydrogens is 667 g/mol. The van der Waals surface area contributed by atoms with Gasteiger partial charge in [-0.1, -0.05) is 131 Å². The van der Waals surface area contributed by atoms with Crippen LogP contribution in [0.1, 0.15) is 136 Å². The molecule has 290 valence electrons. The van der Waals surface area contributed by atoms with Crippen molar-refractivity contribution >= 4 is 19.8 Å². The molecule has 0 rings (SSSR count). The molecule has 0 saturated carbocycles. The molecule has 0 spiro atoms. The number of rotatable bonds is 33. The number of esters is 2. The Morgan fingerprint density at radius 2 is 1.20 bits per heavy atom. The van der Waals surface area contributed by atoms with Crippen LogP contribution in [-0.4, -0.2) is 52.3 Å². The predicted octanol–water partition coefficient (Wildman–Crippen LogP) is 10.3. The number of aliphatic hydroxyl groups excluding tert-OH is 1. The van der Waals surface area contributed by atoms with Crippen LogP contribution in [0.4, 0.5) is 0 Å². The number of phosphoric acid groups is 1. The number of hydrogen-bond donors (Lipinski definition) is 3. The molecule has 0 aliphatic rings. The summed E-state index contributed by atoms with van der Waals surface area (Å²) < 4.78 is 26.2.